The minimum atomic E-state index is 0.0529. The number of hydrogen-bond donors (Lipinski definition) is 1. The number of aromatic nitrogens is 2. The lowest BCUT2D eigenvalue weighted by Gasteiger charge is -2.16. The molecule has 6 heteroatoms. The minimum absolute atomic E-state index is 0.0529. The number of imidazole rings is 1. The topological polar surface area (TPSA) is 65.4 Å². The Labute approximate surface area is 231 Å². The molecule has 1 N–H and O–H groups in total. The van der Waals surface area contributed by atoms with Gasteiger partial charge in [-0.15, -0.1) is 0 Å². The Kier molecular flexibility index (Phi) is 8.94. The van der Waals surface area contributed by atoms with Gasteiger partial charge in [0.15, 0.2) is 0 Å². The first kappa shape index (κ1) is 26.9. The van der Waals surface area contributed by atoms with Crippen LogP contribution in [0.5, 0.6) is 5.75 Å². The first-order chi connectivity index (χ1) is 19.1. The SMILES string of the molecule is COCCCNC(=O)CCCCC(C)Oc1ccc2nc(-c3ccccc3)n(-c3ccc4c(c3)CCC4)c2c1. The van der Waals surface area contributed by atoms with E-state index in [1.54, 1.807) is 7.11 Å². The molecule has 39 heavy (non-hydrogen) atoms. The number of carbonyl (C=O) groups is 1. The van der Waals surface area contributed by atoms with Crippen molar-refractivity contribution >= 4 is 16.9 Å². The van der Waals surface area contributed by atoms with E-state index in [1.165, 1.54) is 24.0 Å². The predicted molar refractivity (Wildman–Crippen MR) is 157 cm³/mol. The summed E-state index contributed by atoms with van der Waals surface area (Å²) in [6.45, 7) is 3.44. The Morgan fingerprint density at radius 3 is 2.69 bits per heavy atom. The van der Waals surface area contributed by atoms with Gasteiger partial charge < -0.3 is 14.8 Å². The Hall–Kier alpha value is -3.64. The summed E-state index contributed by atoms with van der Waals surface area (Å²) in [5.41, 5.74) is 7.13. The van der Waals surface area contributed by atoms with Gasteiger partial charge in [0.1, 0.15) is 11.6 Å². The lowest BCUT2D eigenvalue weighted by atomic mass is 10.1. The maximum atomic E-state index is 12.0. The molecule has 0 bridgehead atoms. The highest BCUT2D eigenvalue weighted by atomic mass is 16.5. The first-order valence-corrected chi connectivity index (χ1v) is 14.2. The van der Waals surface area contributed by atoms with Crippen LogP contribution in [-0.4, -0.2) is 41.8 Å². The molecule has 1 atom stereocenters. The van der Waals surface area contributed by atoms with Crippen molar-refractivity contribution in [2.24, 2.45) is 0 Å². The van der Waals surface area contributed by atoms with Crippen LogP contribution in [0.3, 0.4) is 0 Å². The van der Waals surface area contributed by atoms with Crippen molar-refractivity contribution in [2.45, 2.75) is 64.4 Å². The van der Waals surface area contributed by atoms with Gasteiger partial charge in [0.05, 0.1) is 17.1 Å². The molecule has 5 rings (SSSR count). The van der Waals surface area contributed by atoms with Crippen molar-refractivity contribution < 1.29 is 14.3 Å². The molecule has 0 spiro atoms. The van der Waals surface area contributed by atoms with Gasteiger partial charge in [0, 0.05) is 44.0 Å². The van der Waals surface area contributed by atoms with E-state index in [1.807, 2.05) is 12.1 Å². The highest BCUT2D eigenvalue weighted by Crippen LogP contribution is 2.33. The van der Waals surface area contributed by atoms with E-state index in [4.69, 9.17) is 14.5 Å². The molecule has 0 saturated carbocycles. The highest BCUT2D eigenvalue weighted by Gasteiger charge is 2.18. The van der Waals surface area contributed by atoms with Crippen molar-refractivity contribution in [1.82, 2.24) is 14.9 Å². The van der Waals surface area contributed by atoms with Crippen molar-refractivity contribution in [3.05, 3.63) is 77.9 Å². The summed E-state index contributed by atoms with van der Waals surface area (Å²) in [4.78, 5) is 17.0. The molecule has 1 aliphatic rings. The molecule has 0 aliphatic heterocycles. The van der Waals surface area contributed by atoms with Gasteiger partial charge in [-0.05, 0) is 87.3 Å². The second kappa shape index (κ2) is 12.9. The normalized spacial score (nSPS) is 13.4. The third kappa shape index (κ3) is 6.69. The van der Waals surface area contributed by atoms with Crippen molar-refractivity contribution in [2.75, 3.05) is 20.3 Å². The molecule has 3 aromatic carbocycles. The summed E-state index contributed by atoms with van der Waals surface area (Å²) in [5.74, 6) is 1.89. The van der Waals surface area contributed by atoms with Gasteiger partial charge >= 0.3 is 0 Å². The molecule has 1 aromatic heterocycles. The standard InChI is InChI=1S/C33H39N3O3/c1-24(10-6-7-15-32(37)34-20-9-21-38-2)39-29-18-19-30-31(23-29)36(33(35-30)26-11-4-3-5-12-26)28-17-16-25-13-8-14-27(25)22-28/h3-5,11-12,16-19,22-24H,6-10,13-15,20-21H2,1-2H3,(H,34,37). The highest BCUT2D eigenvalue weighted by molar-refractivity contribution is 5.84. The monoisotopic (exact) mass is 525 g/mol. The van der Waals surface area contributed by atoms with Crippen LogP contribution in [-0.2, 0) is 22.4 Å². The molecule has 204 valence electrons. The van der Waals surface area contributed by atoms with E-state index in [-0.39, 0.29) is 12.0 Å². The number of fused-ring (bicyclic) bond motifs is 2. The molecule has 1 unspecified atom stereocenters. The quantitative estimate of drug-likeness (QED) is 0.198. The summed E-state index contributed by atoms with van der Waals surface area (Å²) in [5, 5.41) is 2.95. The van der Waals surface area contributed by atoms with Crippen LogP contribution >= 0.6 is 0 Å². The third-order valence-corrected chi connectivity index (χ3v) is 7.45. The number of methoxy groups -OCH3 is 1. The van der Waals surface area contributed by atoms with E-state index in [2.05, 4.69) is 71.4 Å². The van der Waals surface area contributed by atoms with E-state index < -0.39 is 0 Å². The van der Waals surface area contributed by atoms with Crippen LogP contribution < -0.4 is 10.1 Å². The van der Waals surface area contributed by atoms with Gasteiger partial charge in [-0.3, -0.25) is 9.36 Å². The second-order valence-electron chi connectivity index (χ2n) is 10.5. The summed E-state index contributed by atoms with van der Waals surface area (Å²) < 4.78 is 13.6. The zero-order valence-corrected chi connectivity index (χ0v) is 23.1. The Morgan fingerprint density at radius 2 is 1.85 bits per heavy atom. The zero-order valence-electron chi connectivity index (χ0n) is 23.1. The molecule has 1 aliphatic carbocycles. The van der Waals surface area contributed by atoms with Gasteiger partial charge in [0.2, 0.25) is 5.91 Å². The summed E-state index contributed by atoms with van der Waals surface area (Å²) in [6.07, 6.45) is 7.67. The lowest BCUT2D eigenvalue weighted by molar-refractivity contribution is -0.121. The van der Waals surface area contributed by atoms with Crippen LogP contribution in [0.2, 0.25) is 0 Å². The molecule has 1 heterocycles. The van der Waals surface area contributed by atoms with E-state index >= 15 is 0 Å². The van der Waals surface area contributed by atoms with Gasteiger partial charge in [-0.1, -0.05) is 36.4 Å². The Morgan fingerprint density at radius 1 is 1.00 bits per heavy atom. The van der Waals surface area contributed by atoms with Crippen LogP contribution in [0.15, 0.2) is 66.7 Å². The third-order valence-electron chi connectivity index (χ3n) is 7.45. The molecule has 0 saturated heterocycles. The number of carbonyl (C=O) groups excluding carboxylic acids is 1. The Balaban J connectivity index is 1.29. The maximum absolute atomic E-state index is 12.0. The fraction of sp³-hybridized carbons (Fsp3) is 0.394. The van der Waals surface area contributed by atoms with Crippen LogP contribution in [0.1, 0.15) is 56.6 Å². The van der Waals surface area contributed by atoms with E-state index in [0.29, 0.717) is 19.6 Å². The first-order valence-electron chi connectivity index (χ1n) is 14.2. The number of amides is 1. The number of aryl methyl sites for hydroxylation is 2. The molecule has 0 fully saturated rings. The fourth-order valence-electron chi connectivity index (χ4n) is 5.41. The number of rotatable bonds is 13. The average molecular weight is 526 g/mol. The zero-order chi connectivity index (χ0) is 27.0. The molecule has 6 nitrogen and oxygen atoms in total. The van der Waals surface area contributed by atoms with Crippen LogP contribution in [0.4, 0.5) is 0 Å². The van der Waals surface area contributed by atoms with Gasteiger partial charge in [-0.2, -0.15) is 0 Å². The maximum Gasteiger partial charge on any atom is 0.219 e. The molecule has 4 aromatic rings. The van der Waals surface area contributed by atoms with Crippen LogP contribution in [0.25, 0.3) is 28.1 Å². The largest absolute Gasteiger partial charge is 0.491 e. The number of ether oxygens (including phenoxy) is 2. The van der Waals surface area contributed by atoms with Gasteiger partial charge in [-0.25, -0.2) is 4.98 Å². The minimum Gasteiger partial charge on any atom is -0.491 e. The number of benzene rings is 3. The number of nitrogens with one attached hydrogen (secondary N) is 1. The average Bonchev–Trinajstić information content (AvgIpc) is 3.58. The molecular weight excluding hydrogens is 486 g/mol. The fourth-order valence-corrected chi connectivity index (χ4v) is 5.41. The number of hydrogen-bond acceptors (Lipinski definition) is 4. The lowest BCUT2D eigenvalue weighted by Crippen LogP contribution is -2.24. The molecular formula is C33H39N3O3. The summed E-state index contributed by atoms with van der Waals surface area (Å²) in [7, 11) is 1.67. The van der Waals surface area contributed by atoms with E-state index in [9.17, 15) is 4.79 Å². The number of nitrogens with zero attached hydrogens (tertiary/aromatic N) is 2. The van der Waals surface area contributed by atoms with E-state index in [0.717, 1.165) is 66.0 Å². The molecule has 0 radical (unpaired) electrons. The molecule has 1 amide bonds. The van der Waals surface area contributed by atoms with Crippen LogP contribution in [0, 0.1) is 0 Å². The number of unbranched alkanes of at least 4 members (excludes halogenated alkanes) is 1. The summed E-state index contributed by atoms with van der Waals surface area (Å²) in [6, 6.07) is 23.4. The van der Waals surface area contributed by atoms with Crippen molar-refractivity contribution in [3.8, 4) is 22.8 Å². The predicted octanol–water partition coefficient (Wildman–Crippen LogP) is 6.66. The second-order valence-corrected chi connectivity index (χ2v) is 10.5. The summed E-state index contributed by atoms with van der Waals surface area (Å²) >= 11 is 0. The smallest absolute Gasteiger partial charge is 0.219 e. The van der Waals surface area contributed by atoms with Crippen molar-refractivity contribution in [1.29, 1.82) is 0 Å². The van der Waals surface area contributed by atoms with Crippen molar-refractivity contribution in [3.63, 3.8) is 0 Å². The Bertz CT molecular complexity index is 1400. The van der Waals surface area contributed by atoms with Gasteiger partial charge in [0.25, 0.3) is 0 Å².